The van der Waals surface area contributed by atoms with Crippen LogP contribution in [0.3, 0.4) is 0 Å². The van der Waals surface area contributed by atoms with E-state index in [0.717, 1.165) is 0 Å². The van der Waals surface area contributed by atoms with Crippen LogP contribution < -0.4 is 17.0 Å². The Morgan fingerprint density at radius 1 is 1.33 bits per heavy atom. The van der Waals surface area contributed by atoms with Gasteiger partial charge in [0.1, 0.15) is 0 Å². The normalized spacial score (nSPS) is 10.2. The molecule has 5 N–H and O–H groups in total. The summed E-state index contributed by atoms with van der Waals surface area (Å²) in [5.41, 5.74) is 7.90. The van der Waals surface area contributed by atoms with E-state index in [1.807, 2.05) is 5.43 Å². The summed E-state index contributed by atoms with van der Waals surface area (Å²) >= 11 is 0. The van der Waals surface area contributed by atoms with Crippen LogP contribution in [-0.4, -0.2) is 20.8 Å². The van der Waals surface area contributed by atoms with Crippen LogP contribution in [0, 0.1) is 17.0 Å². The van der Waals surface area contributed by atoms with Crippen LogP contribution >= 0.6 is 0 Å². The van der Waals surface area contributed by atoms with Crippen molar-refractivity contribution >= 4 is 17.5 Å². The number of hydrogen-bond acceptors (Lipinski definition) is 7. The first-order valence-electron chi connectivity index (χ1n) is 5.84. The number of aromatic nitrogens is 2. The van der Waals surface area contributed by atoms with Crippen molar-refractivity contribution in [1.29, 1.82) is 0 Å². The number of aryl methyl sites for hydroxylation is 1. The summed E-state index contributed by atoms with van der Waals surface area (Å²) in [4.78, 5) is 30.3. The number of hydrogen-bond donors (Lipinski definition) is 3. The van der Waals surface area contributed by atoms with Gasteiger partial charge in [0.05, 0.1) is 27.4 Å². The van der Waals surface area contributed by atoms with Crippen LogP contribution in [0.5, 0.6) is 0 Å². The van der Waals surface area contributed by atoms with Crippen molar-refractivity contribution < 1.29 is 9.72 Å². The summed E-state index contributed by atoms with van der Waals surface area (Å²) in [6.07, 6.45) is 0. The largest absolute Gasteiger partial charge is 0.368 e. The lowest BCUT2D eigenvalue weighted by atomic mass is 10.0. The predicted octanol–water partition coefficient (Wildman–Crippen LogP) is 0.546. The maximum atomic E-state index is 11.9. The number of nitrogens with two attached hydrogens (primary N) is 2. The molecule has 0 bridgehead atoms. The Kier molecular flexibility index (Phi) is 3.76. The van der Waals surface area contributed by atoms with Crippen molar-refractivity contribution in [3.05, 3.63) is 45.6 Å². The molecule has 0 atom stereocenters. The SMILES string of the molecule is Cc1nc(N)nc(-c2ccccc2[N+](=O)[O-])c1C(=O)NN. The van der Waals surface area contributed by atoms with E-state index in [0.29, 0.717) is 0 Å². The van der Waals surface area contributed by atoms with Gasteiger partial charge < -0.3 is 5.73 Å². The van der Waals surface area contributed by atoms with Crippen molar-refractivity contribution in [3.8, 4) is 11.3 Å². The molecule has 0 unspecified atom stereocenters. The summed E-state index contributed by atoms with van der Waals surface area (Å²) in [7, 11) is 0. The number of rotatable bonds is 3. The number of nitrogens with one attached hydrogen (secondary N) is 1. The van der Waals surface area contributed by atoms with Crippen LogP contribution in [0.1, 0.15) is 16.1 Å². The highest BCUT2D eigenvalue weighted by Crippen LogP contribution is 2.31. The van der Waals surface area contributed by atoms with Crippen molar-refractivity contribution in [2.45, 2.75) is 6.92 Å². The van der Waals surface area contributed by atoms with E-state index in [1.165, 1.54) is 18.2 Å². The summed E-state index contributed by atoms with van der Waals surface area (Å²) in [5.74, 6) is 4.39. The Hall–Kier alpha value is -3.07. The van der Waals surface area contributed by atoms with Crippen LogP contribution in [-0.2, 0) is 0 Å². The quantitative estimate of drug-likeness (QED) is 0.323. The smallest absolute Gasteiger partial charge is 0.278 e. The Labute approximate surface area is 119 Å². The van der Waals surface area contributed by atoms with Gasteiger partial charge in [0.15, 0.2) is 0 Å². The summed E-state index contributed by atoms with van der Waals surface area (Å²) in [6, 6.07) is 5.90. The molecule has 1 aromatic heterocycles. The van der Waals surface area contributed by atoms with E-state index in [4.69, 9.17) is 11.6 Å². The summed E-state index contributed by atoms with van der Waals surface area (Å²) < 4.78 is 0. The third-order valence-electron chi connectivity index (χ3n) is 2.82. The summed E-state index contributed by atoms with van der Waals surface area (Å²) in [6.45, 7) is 1.54. The standard InChI is InChI=1S/C12H12N6O3/c1-6-9(11(19)17-14)10(16-12(13)15-6)7-4-2-3-5-8(7)18(20)21/h2-5H,14H2,1H3,(H,17,19)(H2,13,15,16). The highest BCUT2D eigenvalue weighted by molar-refractivity contribution is 6.01. The second-order valence-electron chi connectivity index (χ2n) is 4.14. The number of carbonyl (C=O) groups excluding carboxylic acids is 1. The molecule has 1 heterocycles. The van der Waals surface area contributed by atoms with Crippen LogP contribution in [0.15, 0.2) is 24.3 Å². The molecule has 2 rings (SSSR count). The van der Waals surface area contributed by atoms with Crippen molar-refractivity contribution in [1.82, 2.24) is 15.4 Å². The van der Waals surface area contributed by atoms with Gasteiger partial charge in [-0.05, 0) is 13.0 Å². The Bertz CT molecular complexity index is 731. The van der Waals surface area contributed by atoms with Gasteiger partial charge >= 0.3 is 0 Å². The van der Waals surface area contributed by atoms with Gasteiger partial charge in [-0.15, -0.1) is 0 Å². The number of hydrazine groups is 1. The molecular weight excluding hydrogens is 276 g/mol. The zero-order valence-corrected chi connectivity index (χ0v) is 11.0. The van der Waals surface area contributed by atoms with Gasteiger partial charge in [0, 0.05) is 6.07 Å². The van der Waals surface area contributed by atoms with Gasteiger partial charge in [-0.1, -0.05) is 12.1 Å². The number of anilines is 1. The lowest BCUT2D eigenvalue weighted by molar-refractivity contribution is -0.384. The molecule has 0 aliphatic heterocycles. The van der Waals surface area contributed by atoms with Crippen LogP contribution in [0.25, 0.3) is 11.3 Å². The van der Waals surface area contributed by atoms with E-state index >= 15 is 0 Å². The van der Waals surface area contributed by atoms with Crippen LogP contribution in [0.4, 0.5) is 11.6 Å². The van der Waals surface area contributed by atoms with Crippen molar-refractivity contribution in [2.75, 3.05) is 5.73 Å². The average molecular weight is 288 g/mol. The molecule has 21 heavy (non-hydrogen) atoms. The molecule has 1 amide bonds. The lowest BCUT2D eigenvalue weighted by Crippen LogP contribution is -2.31. The van der Waals surface area contributed by atoms with E-state index < -0.39 is 10.8 Å². The number of para-hydroxylation sites is 1. The fourth-order valence-electron chi connectivity index (χ4n) is 1.97. The fourth-order valence-corrected chi connectivity index (χ4v) is 1.97. The minimum absolute atomic E-state index is 0.0426. The first kappa shape index (κ1) is 14.3. The van der Waals surface area contributed by atoms with E-state index in [9.17, 15) is 14.9 Å². The van der Waals surface area contributed by atoms with Crippen molar-refractivity contribution in [3.63, 3.8) is 0 Å². The van der Waals surface area contributed by atoms with Gasteiger partial charge in [0.2, 0.25) is 5.95 Å². The monoisotopic (exact) mass is 288 g/mol. The van der Waals surface area contributed by atoms with Gasteiger partial charge in [-0.2, -0.15) is 0 Å². The molecular formula is C12H12N6O3. The third-order valence-corrected chi connectivity index (χ3v) is 2.82. The molecule has 0 spiro atoms. The summed E-state index contributed by atoms with van der Waals surface area (Å²) in [5, 5.41) is 11.1. The predicted molar refractivity (Wildman–Crippen MR) is 74.9 cm³/mol. The Morgan fingerprint density at radius 2 is 2.00 bits per heavy atom. The van der Waals surface area contributed by atoms with Gasteiger partial charge in [-0.3, -0.25) is 20.3 Å². The number of nitrogens with zero attached hydrogens (tertiary/aromatic N) is 3. The molecule has 0 saturated heterocycles. The zero-order valence-electron chi connectivity index (χ0n) is 11.0. The second-order valence-corrected chi connectivity index (χ2v) is 4.14. The van der Waals surface area contributed by atoms with Gasteiger partial charge in [-0.25, -0.2) is 15.8 Å². The fraction of sp³-hybridized carbons (Fsp3) is 0.0833. The number of benzene rings is 1. The number of carbonyl (C=O) groups is 1. The first-order chi connectivity index (χ1) is 9.95. The molecule has 0 fully saturated rings. The molecule has 0 saturated carbocycles. The third kappa shape index (κ3) is 2.62. The maximum Gasteiger partial charge on any atom is 0.278 e. The van der Waals surface area contributed by atoms with E-state index in [2.05, 4.69) is 9.97 Å². The highest BCUT2D eigenvalue weighted by atomic mass is 16.6. The highest BCUT2D eigenvalue weighted by Gasteiger charge is 2.24. The minimum Gasteiger partial charge on any atom is -0.368 e. The van der Waals surface area contributed by atoms with Gasteiger partial charge in [0.25, 0.3) is 11.6 Å². The number of amides is 1. The van der Waals surface area contributed by atoms with E-state index in [-0.39, 0.29) is 34.2 Å². The number of nitrogen functional groups attached to an aromatic ring is 2. The topological polar surface area (TPSA) is 150 Å². The molecule has 9 heteroatoms. The maximum absolute atomic E-state index is 11.9. The first-order valence-corrected chi connectivity index (χ1v) is 5.84. The van der Waals surface area contributed by atoms with Crippen molar-refractivity contribution in [2.24, 2.45) is 5.84 Å². The molecule has 2 aromatic rings. The second kappa shape index (κ2) is 5.51. The molecule has 0 aliphatic carbocycles. The Balaban J connectivity index is 2.80. The Morgan fingerprint density at radius 3 is 2.62 bits per heavy atom. The number of nitro benzene ring substituents is 1. The average Bonchev–Trinajstić information content (AvgIpc) is 2.45. The lowest BCUT2D eigenvalue weighted by Gasteiger charge is -2.11. The number of nitro groups is 1. The zero-order chi connectivity index (χ0) is 15.6. The molecule has 0 aliphatic rings. The van der Waals surface area contributed by atoms with E-state index in [1.54, 1.807) is 13.0 Å². The molecule has 1 aromatic carbocycles. The van der Waals surface area contributed by atoms with Crippen LogP contribution in [0.2, 0.25) is 0 Å². The molecule has 108 valence electrons. The molecule has 9 nitrogen and oxygen atoms in total. The minimum atomic E-state index is -0.652. The molecule has 0 radical (unpaired) electrons.